The number of hydrogen-bond acceptors (Lipinski definition) is 3. The number of carbonyl (C=O) groups excluding carboxylic acids is 1. The molecule has 0 saturated heterocycles. The molecule has 0 aliphatic heterocycles. The molecule has 6 nitrogen and oxygen atoms in total. The third-order valence-corrected chi connectivity index (χ3v) is 4.29. The van der Waals surface area contributed by atoms with E-state index in [0.29, 0.717) is 17.9 Å². The number of pyridine rings is 1. The lowest BCUT2D eigenvalue weighted by molar-refractivity contribution is 0.0951. The van der Waals surface area contributed by atoms with Crippen LogP contribution >= 0.6 is 0 Å². The Bertz CT molecular complexity index is 1030. The van der Waals surface area contributed by atoms with Gasteiger partial charge in [-0.05, 0) is 42.8 Å². The predicted molar refractivity (Wildman–Crippen MR) is 103 cm³/mol. The van der Waals surface area contributed by atoms with E-state index in [2.05, 4.69) is 15.4 Å². The molecule has 0 radical (unpaired) electrons. The van der Waals surface area contributed by atoms with E-state index in [1.54, 1.807) is 23.3 Å². The van der Waals surface area contributed by atoms with E-state index in [0.717, 1.165) is 11.3 Å². The number of hydrogen-bond donors (Lipinski definition) is 1. The third-order valence-electron chi connectivity index (χ3n) is 4.29. The van der Waals surface area contributed by atoms with Crippen LogP contribution in [-0.4, -0.2) is 25.2 Å². The molecular formula is C21H19N5O. The van der Waals surface area contributed by atoms with E-state index in [-0.39, 0.29) is 5.91 Å². The number of rotatable bonds is 5. The summed E-state index contributed by atoms with van der Waals surface area (Å²) in [6, 6.07) is 15.7. The molecule has 0 aliphatic carbocycles. The van der Waals surface area contributed by atoms with Crippen molar-refractivity contribution in [2.75, 3.05) is 0 Å². The Morgan fingerprint density at radius 3 is 2.52 bits per heavy atom. The Labute approximate surface area is 157 Å². The van der Waals surface area contributed by atoms with Crippen molar-refractivity contribution < 1.29 is 4.79 Å². The van der Waals surface area contributed by atoms with Crippen molar-refractivity contribution in [3.8, 4) is 11.5 Å². The first-order valence-corrected chi connectivity index (χ1v) is 8.68. The van der Waals surface area contributed by atoms with E-state index in [1.165, 1.54) is 5.56 Å². The first-order valence-electron chi connectivity index (χ1n) is 8.68. The van der Waals surface area contributed by atoms with Crippen LogP contribution in [0.1, 0.15) is 21.5 Å². The van der Waals surface area contributed by atoms with Gasteiger partial charge in [-0.15, -0.1) is 0 Å². The van der Waals surface area contributed by atoms with Gasteiger partial charge in [0.25, 0.3) is 5.91 Å². The normalized spacial score (nSPS) is 10.7. The van der Waals surface area contributed by atoms with Crippen LogP contribution in [0.3, 0.4) is 0 Å². The molecule has 1 N–H and O–H groups in total. The number of aromatic nitrogens is 4. The summed E-state index contributed by atoms with van der Waals surface area (Å²) >= 11 is 0. The van der Waals surface area contributed by atoms with Gasteiger partial charge in [0.15, 0.2) is 5.82 Å². The second kappa shape index (κ2) is 7.29. The molecule has 0 unspecified atom stereocenters. The van der Waals surface area contributed by atoms with Crippen molar-refractivity contribution in [1.82, 2.24) is 24.6 Å². The summed E-state index contributed by atoms with van der Waals surface area (Å²) in [5.74, 6) is 0.522. The standard InChI is InChI=1S/C21H19N5O/c1-16-6-8-18(9-7-16)26-21(25-11-2-3-12-25)19(15-24-26)20(27)23-14-17-5-4-10-22-13-17/h2-13,15H,14H2,1H3,(H,23,27). The number of carbonyl (C=O) groups is 1. The van der Waals surface area contributed by atoms with Crippen LogP contribution in [0, 0.1) is 6.92 Å². The van der Waals surface area contributed by atoms with Crippen LogP contribution in [0.4, 0.5) is 0 Å². The number of amides is 1. The highest BCUT2D eigenvalue weighted by atomic mass is 16.1. The highest BCUT2D eigenvalue weighted by Crippen LogP contribution is 2.20. The summed E-state index contributed by atoms with van der Waals surface area (Å²) in [7, 11) is 0. The molecule has 0 atom stereocenters. The molecule has 0 aliphatic rings. The molecule has 27 heavy (non-hydrogen) atoms. The molecule has 1 amide bonds. The molecule has 0 spiro atoms. The van der Waals surface area contributed by atoms with Crippen molar-refractivity contribution in [3.05, 3.63) is 96.2 Å². The van der Waals surface area contributed by atoms with Crippen LogP contribution in [-0.2, 0) is 6.54 Å². The van der Waals surface area contributed by atoms with Gasteiger partial charge >= 0.3 is 0 Å². The fraction of sp³-hybridized carbons (Fsp3) is 0.0952. The van der Waals surface area contributed by atoms with Gasteiger partial charge in [0.1, 0.15) is 5.56 Å². The maximum atomic E-state index is 12.8. The van der Waals surface area contributed by atoms with E-state index in [4.69, 9.17) is 0 Å². The Morgan fingerprint density at radius 2 is 1.81 bits per heavy atom. The number of benzene rings is 1. The Hall–Kier alpha value is -3.67. The maximum Gasteiger partial charge on any atom is 0.256 e. The fourth-order valence-corrected chi connectivity index (χ4v) is 2.88. The lowest BCUT2D eigenvalue weighted by Crippen LogP contribution is -2.24. The Balaban J connectivity index is 1.68. The van der Waals surface area contributed by atoms with Gasteiger partial charge in [0, 0.05) is 31.3 Å². The molecule has 6 heteroatoms. The summed E-state index contributed by atoms with van der Waals surface area (Å²) < 4.78 is 3.67. The maximum absolute atomic E-state index is 12.8. The van der Waals surface area contributed by atoms with E-state index >= 15 is 0 Å². The van der Waals surface area contributed by atoms with E-state index in [1.807, 2.05) is 72.4 Å². The minimum atomic E-state index is -0.180. The van der Waals surface area contributed by atoms with Gasteiger partial charge in [-0.2, -0.15) is 5.10 Å². The van der Waals surface area contributed by atoms with Gasteiger partial charge in [-0.3, -0.25) is 9.78 Å². The van der Waals surface area contributed by atoms with Crippen molar-refractivity contribution in [2.45, 2.75) is 13.5 Å². The summed E-state index contributed by atoms with van der Waals surface area (Å²) in [6.45, 7) is 2.45. The molecule has 0 saturated carbocycles. The molecule has 4 rings (SSSR count). The minimum absolute atomic E-state index is 0.180. The Morgan fingerprint density at radius 1 is 1.04 bits per heavy atom. The van der Waals surface area contributed by atoms with Crippen LogP contribution in [0.25, 0.3) is 11.5 Å². The van der Waals surface area contributed by atoms with Crippen molar-refractivity contribution >= 4 is 5.91 Å². The molecule has 0 bridgehead atoms. The molecule has 4 aromatic rings. The minimum Gasteiger partial charge on any atom is -0.348 e. The van der Waals surface area contributed by atoms with Crippen LogP contribution in [0.2, 0.25) is 0 Å². The van der Waals surface area contributed by atoms with Gasteiger partial charge in [0.05, 0.1) is 11.9 Å². The smallest absolute Gasteiger partial charge is 0.256 e. The van der Waals surface area contributed by atoms with Crippen molar-refractivity contribution in [3.63, 3.8) is 0 Å². The highest BCUT2D eigenvalue weighted by Gasteiger charge is 2.19. The summed E-state index contributed by atoms with van der Waals surface area (Å²) in [4.78, 5) is 16.9. The number of nitrogens with one attached hydrogen (secondary N) is 1. The van der Waals surface area contributed by atoms with Gasteiger partial charge in [-0.1, -0.05) is 23.8 Å². The SMILES string of the molecule is Cc1ccc(-n2ncc(C(=O)NCc3cccnc3)c2-n2cccc2)cc1. The zero-order valence-electron chi connectivity index (χ0n) is 14.9. The number of nitrogens with zero attached hydrogens (tertiary/aromatic N) is 4. The number of aryl methyl sites for hydroxylation is 1. The second-order valence-corrected chi connectivity index (χ2v) is 6.26. The molecule has 3 heterocycles. The topological polar surface area (TPSA) is 64.7 Å². The molecule has 134 valence electrons. The highest BCUT2D eigenvalue weighted by molar-refractivity contribution is 5.97. The van der Waals surface area contributed by atoms with E-state index in [9.17, 15) is 4.79 Å². The molecule has 1 aromatic carbocycles. The molecular weight excluding hydrogens is 338 g/mol. The summed E-state index contributed by atoms with van der Waals surface area (Å²) in [6.07, 6.45) is 8.86. The zero-order chi connectivity index (χ0) is 18.6. The average molecular weight is 357 g/mol. The predicted octanol–water partition coefficient (Wildman–Crippen LogP) is 3.30. The average Bonchev–Trinajstić information content (AvgIpc) is 3.37. The first kappa shape index (κ1) is 16.8. The largest absolute Gasteiger partial charge is 0.348 e. The van der Waals surface area contributed by atoms with E-state index < -0.39 is 0 Å². The second-order valence-electron chi connectivity index (χ2n) is 6.26. The molecule has 3 aromatic heterocycles. The monoisotopic (exact) mass is 357 g/mol. The van der Waals surface area contributed by atoms with Gasteiger partial charge < -0.3 is 9.88 Å². The van der Waals surface area contributed by atoms with Crippen molar-refractivity contribution in [2.24, 2.45) is 0 Å². The third kappa shape index (κ3) is 3.50. The van der Waals surface area contributed by atoms with Crippen molar-refractivity contribution in [1.29, 1.82) is 0 Å². The lowest BCUT2D eigenvalue weighted by Gasteiger charge is -2.11. The quantitative estimate of drug-likeness (QED) is 0.596. The lowest BCUT2D eigenvalue weighted by atomic mass is 10.2. The van der Waals surface area contributed by atoms with Crippen LogP contribution in [0.5, 0.6) is 0 Å². The fourth-order valence-electron chi connectivity index (χ4n) is 2.88. The zero-order valence-corrected chi connectivity index (χ0v) is 14.9. The van der Waals surface area contributed by atoms with Gasteiger partial charge in [0.2, 0.25) is 0 Å². The summed E-state index contributed by atoms with van der Waals surface area (Å²) in [5.41, 5.74) is 3.52. The Kier molecular flexibility index (Phi) is 4.53. The van der Waals surface area contributed by atoms with Gasteiger partial charge in [-0.25, -0.2) is 4.68 Å². The molecule has 0 fully saturated rings. The van der Waals surface area contributed by atoms with Crippen LogP contribution < -0.4 is 5.32 Å². The first-order chi connectivity index (χ1) is 13.2. The summed E-state index contributed by atoms with van der Waals surface area (Å²) in [5, 5.41) is 7.42. The van der Waals surface area contributed by atoms with Crippen LogP contribution in [0.15, 0.2) is 79.5 Å².